The first kappa shape index (κ1) is 26.8. The average Bonchev–Trinajstić information content (AvgIpc) is 3.22. The minimum Gasteiger partial charge on any atom is -0.321 e. The molecule has 188 valence electrons. The molecule has 0 aliphatic carbocycles. The molecular weight excluding hydrogens is 525 g/mol. The van der Waals surface area contributed by atoms with E-state index >= 15 is 0 Å². The van der Waals surface area contributed by atoms with Crippen LogP contribution in [0.4, 0.5) is 11.4 Å². The maximum absolute atomic E-state index is 13.6. The number of aryl methyl sites for hydroxylation is 1. The number of para-hydroxylation sites is 1. The topological polar surface area (TPSA) is 73.2 Å². The Morgan fingerprint density at radius 1 is 1.05 bits per heavy atom. The Hall–Kier alpha value is -3.24. The van der Waals surface area contributed by atoms with Crippen LogP contribution >= 0.6 is 35.0 Å². The van der Waals surface area contributed by atoms with E-state index in [1.165, 1.54) is 22.2 Å². The summed E-state index contributed by atoms with van der Waals surface area (Å²) in [6.45, 7) is 2.14. The normalized spacial score (nSPS) is 16.4. The van der Waals surface area contributed by atoms with Gasteiger partial charge in [0.25, 0.3) is 5.91 Å². The van der Waals surface area contributed by atoms with Gasteiger partial charge in [-0.05, 0) is 60.7 Å². The highest BCUT2D eigenvalue weighted by Crippen LogP contribution is 2.43. The largest absolute Gasteiger partial charge is 0.321 e. The number of nitrogens with zero attached hydrogens (tertiary/aromatic N) is 2. The first-order valence-electron chi connectivity index (χ1n) is 12.0. The molecule has 0 aromatic heterocycles. The van der Waals surface area contributed by atoms with Crippen molar-refractivity contribution in [2.45, 2.75) is 37.9 Å². The van der Waals surface area contributed by atoms with Gasteiger partial charge in [-0.25, -0.2) is 0 Å². The number of benzene rings is 3. The number of carbonyl (C=O) groups excluding carboxylic acids is 2. The van der Waals surface area contributed by atoms with Crippen molar-refractivity contribution in [1.82, 2.24) is 0 Å². The molecule has 3 aromatic carbocycles. The fourth-order valence-electron chi connectivity index (χ4n) is 4.03. The summed E-state index contributed by atoms with van der Waals surface area (Å²) in [7, 11) is 0. The summed E-state index contributed by atoms with van der Waals surface area (Å²) in [4.78, 5) is 28.3. The number of halogens is 2. The van der Waals surface area contributed by atoms with E-state index in [1.807, 2.05) is 42.5 Å². The summed E-state index contributed by atoms with van der Waals surface area (Å²) < 4.78 is 0. The van der Waals surface area contributed by atoms with E-state index < -0.39 is 11.2 Å². The van der Waals surface area contributed by atoms with Gasteiger partial charge in [0.1, 0.15) is 16.7 Å². The Morgan fingerprint density at radius 3 is 2.46 bits per heavy atom. The van der Waals surface area contributed by atoms with Gasteiger partial charge in [0, 0.05) is 11.4 Å². The lowest BCUT2D eigenvalue weighted by molar-refractivity contribution is -0.117. The minimum atomic E-state index is -0.583. The smallest absolute Gasteiger partial charge is 0.269 e. The first-order chi connectivity index (χ1) is 17.9. The van der Waals surface area contributed by atoms with E-state index in [4.69, 9.17) is 23.2 Å². The van der Waals surface area contributed by atoms with E-state index in [0.717, 1.165) is 24.8 Å². The predicted octanol–water partition coefficient (Wildman–Crippen LogP) is 7.40. The van der Waals surface area contributed by atoms with Crippen LogP contribution in [0.25, 0.3) is 0 Å². The number of hydrogen-bond donors (Lipinski definition) is 1. The number of nitriles is 1. The van der Waals surface area contributed by atoms with Gasteiger partial charge in [0.05, 0.1) is 15.3 Å². The molecule has 8 heteroatoms. The second-order valence-electron chi connectivity index (χ2n) is 8.58. The molecule has 0 saturated carbocycles. The monoisotopic (exact) mass is 549 g/mol. The number of carbonyl (C=O) groups is 2. The number of thioether (sulfide) groups is 1. The molecule has 1 fully saturated rings. The van der Waals surface area contributed by atoms with Crippen LogP contribution in [0, 0.1) is 11.3 Å². The van der Waals surface area contributed by atoms with Gasteiger partial charge in [-0.1, -0.05) is 90.8 Å². The van der Waals surface area contributed by atoms with E-state index in [9.17, 15) is 14.9 Å². The molecule has 3 aromatic rings. The third-order valence-corrected chi connectivity index (χ3v) is 8.11. The SMILES string of the molecule is CCCCc1ccc(NC(=O)/C(C#N)=C2/S[C@@H](Cc3cccc(Cl)c3Cl)C(=O)N2c2ccccc2)cc1. The standard InChI is InChI=1S/C29H25Cl2N3O2S/c1-2-3-8-19-13-15-21(16-14-19)33-27(35)23(18-32)29-34(22-10-5-4-6-11-22)28(36)25(37-29)17-20-9-7-12-24(30)26(20)31/h4-7,9-16,25H,2-3,8,17H2,1H3,(H,33,35)/b29-23+/t25-/m0/s1. The summed E-state index contributed by atoms with van der Waals surface area (Å²) in [6.07, 6.45) is 3.48. The predicted molar refractivity (Wildman–Crippen MR) is 152 cm³/mol. The Labute approximate surface area is 231 Å². The molecule has 1 N–H and O–H groups in total. The van der Waals surface area contributed by atoms with Gasteiger partial charge >= 0.3 is 0 Å². The van der Waals surface area contributed by atoms with E-state index in [-0.39, 0.29) is 11.5 Å². The zero-order valence-electron chi connectivity index (χ0n) is 20.2. The van der Waals surface area contributed by atoms with Crippen LogP contribution < -0.4 is 10.2 Å². The number of rotatable bonds is 8. The van der Waals surface area contributed by atoms with Gasteiger partial charge in [-0.15, -0.1) is 0 Å². The molecule has 1 atom stereocenters. The number of anilines is 2. The molecular formula is C29H25Cl2N3O2S. The molecule has 37 heavy (non-hydrogen) atoms. The van der Waals surface area contributed by atoms with Gasteiger partial charge < -0.3 is 5.32 Å². The minimum absolute atomic E-state index is 0.128. The highest BCUT2D eigenvalue weighted by Gasteiger charge is 2.41. The molecule has 4 rings (SSSR count). The van der Waals surface area contributed by atoms with E-state index in [0.29, 0.717) is 32.9 Å². The van der Waals surface area contributed by atoms with E-state index in [2.05, 4.69) is 12.2 Å². The van der Waals surface area contributed by atoms with Crippen molar-refractivity contribution >= 4 is 58.2 Å². The van der Waals surface area contributed by atoms with Gasteiger partial charge in [-0.2, -0.15) is 5.26 Å². The van der Waals surface area contributed by atoms with Crippen LogP contribution in [0.15, 0.2) is 83.4 Å². The zero-order chi connectivity index (χ0) is 26.4. The molecule has 0 bridgehead atoms. The number of nitrogens with one attached hydrogen (secondary N) is 1. The highest BCUT2D eigenvalue weighted by atomic mass is 35.5. The summed E-state index contributed by atoms with van der Waals surface area (Å²) >= 11 is 13.7. The summed E-state index contributed by atoms with van der Waals surface area (Å²) in [5, 5.41) is 13.3. The summed E-state index contributed by atoms with van der Waals surface area (Å²) in [5.41, 5.74) is 2.95. The third-order valence-electron chi connectivity index (χ3n) is 5.99. The molecule has 1 saturated heterocycles. The molecule has 0 spiro atoms. The summed E-state index contributed by atoms with van der Waals surface area (Å²) in [5.74, 6) is -0.801. The van der Waals surface area contributed by atoms with Crippen molar-refractivity contribution < 1.29 is 9.59 Å². The summed E-state index contributed by atoms with van der Waals surface area (Å²) in [6, 6.07) is 23.9. The van der Waals surface area contributed by atoms with Gasteiger partial charge in [0.15, 0.2) is 0 Å². The number of amides is 2. The lowest BCUT2D eigenvalue weighted by Crippen LogP contribution is -2.31. The zero-order valence-corrected chi connectivity index (χ0v) is 22.5. The van der Waals surface area contributed by atoms with Crippen LogP contribution in [0.1, 0.15) is 30.9 Å². The number of unbranched alkanes of at least 4 members (excludes halogenated alkanes) is 1. The lowest BCUT2D eigenvalue weighted by Gasteiger charge is -2.18. The molecule has 2 amide bonds. The van der Waals surface area contributed by atoms with Crippen molar-refractivity contribution in [1.29, 1.82) is 5.26 Å². The number of hydrogen-bond acceptors (Lipinski definition) is 4. The quantitative estimate of drug-likeness (QED) is 0.234. The average molecular weight is 551 g/mol. The highest BCUT2D eigenvalue weighted by molar-refractivity contribution is 8.05. The second kappa shape index (κ2) is 12.3. The van der Waals surface area contributed by atoms with Crippen LogP contribution in [0.2, 0.25) is 10.0 Å². The Bertz CT molecular complexity index is 1370. The van der Waals surface area contributed by atoms with Gasteiger partial charge in [0.2, 0.25) is 5.91 Å². The molecule has 1 heterocycles. The molecule has 1 aliphatic rings. The fraction of sp³-hybridized carbons (Fsp3) is 0.207. The Morgan fingerprint density at radius 2 is 1.78 bits per heavy atom. The van der Waals surface area contributed by atoms with Crippen LogP contribution in [-0.4, -0.2) is 17.1 Å². The fourth-order valence-corrected chi connectivity index (χ4v) is 5.73. The van der Waals surface area contributed by atoms with Crippen molar-refractivity contribution in [3.63, 3.8) is 0 Å². The lowest BCUT2D eigenvalue weighted by atomic mass is 10.1. The van der Waals surface area contributed by atoms with Crippen molar-refractivity contribution in [2.75, 3.05) is 10.2 Å². The molecule has 0 unspecified atom stereocenters. The molecule has 0 radical (unpaired) electrons. The van der Waals surface area contributed by atoms with Crippen LogP contribution in [0.3, 0.4) is 0 Å². The van der Waals surface area contributed by atoms with Crippen LogP contribution in [-0.2, 0) is 22.4 Å². The second-order valence-corrected chi connectivity index (χ2v) is 10.6. The molecule has 5 nitrogen and oxygen atoms in total. The van der Waals surface area contributed by atoms with Crippen molar-refractivity contribution in [2.24, 2.45) is 0 Å². The molecule has 1 aliphatic heterocycles. The van der Waals surface area contributed by atoms with Gasteiger partial charge in [-0.3, -0.25) is 14.5 Å². The van der Waals surface area contributed by atoms with E-state index in [1.54, 1.807) is 36.4 Å². The first-order valence-corrected chi connectivity index (χ1v) is 13.6. The Kier molecular flexibility index (Phi) is 8.94. The van der Waals surface area contributed by atoms with Crippen molar-refractivity contribution in [3.8, 4) is 6.07 Å². The maximum atomic E-state index is 13.6. The Balaban J connectivity index is 1.65. The van der Waals surface area contributed by atoms with Crippen LogP contribution in [0.5, 0.6) is 0 Å². The van der Waals surface area contributed by atoms with Crippen molar-refractivity contribution in [3.05, 3.63) is 105 Å². The third kappa shape index (κ3) is 6.19. The maximum Gasteiger partial charge on any atom is 0.269 e.